The van der Waals surface area contributed by atoms with E-state index in [-0.39, 0.29) is 0 Å². The monoisotopic (exact) mass is 167 g/mol. The lowest BCUT2D eigenvalue weighted by Gasteiger charge is -2.02. The van der Waals surface area contributed by atoms with Crippen molar-refractivity contribution in [2.75, 3.05) is 5.88 Å². The van der Waals surface area contributed by atoms with Crippen molar-refractivity contribution >= 4 is 11.6 Å². The first-order valence-corrected chi connectivity index (χ1v) is 4.34. The summed E-state index contributed by atoms with van der Waals surface area (Å²) in [6, 6.07) is 8.18. The largest absolute Gasteiger partial charge is 0.127 e. The van der Waals surface area contributed by atoms with E-state index in [1.807, 2.05) is 18.2 Å². The first-order chi connectivity index (χ1) is 5.34. The van der Waals surface area contributed by atoms with E-state index in [9.17, 15) is 0 Å². The molecule has 0 heterocycles. The van der Waals surface area contributed by atoms with Crippen molar-refractivity contribution in [1.29, 1.82) is 0 Å². The van der Waals surface area contributed by atoms with Gasteiger partial charge < -0.3 is 0 Å². The van der Waals surface area contributed by atoms with Gasteiger partial charge in [0.15, 0.2) is 0 Å². The summed E-state index contributed by atoms with van der Waals surface area (Å²) in [6.45, 7) is 3.93. The normalized spacial score (nSPS) is 10.0. The van der Waals surface area contributed by atoms with E-state index in [1.165, 1.54) is 5.56 Å². The Bertz CT molecular complexity index is 218. The van der Waals surface area contributed by atoms with E-state index in [0.29, 0.717) is 0 Å². The molecule has 1 rings (SSSR count). The van der Waals surface area contributed by atoms with Crippen LogP contribution in [0.5, 0.6) is 0 Å². The number of alkyl halides is 1. The van der Waals surface area contributed by atoms with E-state index in [2.05, 4.69) is 13.0 Å². The molecule has 0 N–H and O–H groups in total. The molecule has 0 atom stereocenters. The highest BCUT2D eigenvalue weighted by Crippen LogP contribution is 2.09. The van der Waals surface area contributed by atoms with Gasteiger partial charge in [0.1, 0.15) is 0 Å². The van der Waals surface area contributed by atoms with Crippen molar-refractivity contribution in [2.45, 2.75) is 12.8 Å². The van der Waals surface area contributed by atoms with Crippen LogP contribution in [0.1, 0.15) is 17.5 Å². The van der Waals surface area contributed by atoms with Crippen LogP contribution in [0.15, 0.2) is 24.3 Å². The highest BCUT2D eigenvalue weighted by molar-refractivity contribution is 6.17. The van der Waals surface area contributed by atoms with Crippen molar-refractivity contribution in [3.05, 3.63) is 42.3 Å². The Labute approximate surface area is 73.2 Å². The third-order valence-corrected chi connectivity index (χ3v) is 1.97. The molecule has 0 fully saturated rings. The molecule has 0 unspecified atom stereocenters. The van der Waals surface area contributed by atoms with Gasteiger partial charge in [-0.15, -0.1) is 11.6 Å². The zero-order valence-corrected chi connectivity index (χ0v) is 7.27. The zero-order valence-electron chi connectivity index (χ0n) is 6.52. The van der Waals surface area contributed by atoms with Crippen LogP contribution in [0.4, 0.5) is 0 Å². The van der Waals surface area contributed by atoms with Gasteiger partial charge in [-0.25, -0.2) is 0 Å². The molecule has 1 heteroatoms. The Hall–Kier alpha value is -0.490. The molecule has 0 aliphatic carbocycles. The second-order valence-corrected chi connectivity index (χ2v) is 2.94. The predicted molar refractivity (Wildman–Crippen MR) is 49.9 cm³/mol. The van der Waals surface area contributed by atoms with Crippen molar-refractivity contribution in [3.63, 3.8) is 0 Å². The first kappa shape index (κ1) is 8.61. The maximum atomic E-state index is 5.58. The minimum atomic E-state index is 0.730. The van der Waals surface area contributed by atoms with Gasteiger partial charge in [-0.05, 0) is 30.9 Å². The molecular formula is C10H12Cl. The summed E-state index contributed by atoms with van der Waals surface area (Å²) >= 11 is 5.58. The fourth-order valence-electron chi connectivity index (χ4n) is 1.06. The van der Waals surface area contributed by atoms with Crippen LogP contribution in [0.2, 0.25) is 0 Å². The lowest BCUT2D eigenvalue weighted by molar-refractivity contribution is 0.924. The van der Waals surface area contributed by atoms with Crippen LogP contribution in [0.25, 0.3) is 0 Å². The van der Waals surface area contributed by atoms with Crippen LogP contribution >= 0.6 is 11.6 Å². The van der Waals surface area contributed by atoms with E-state index >= 15 is 0 Å². The van der Waals surface area contributed by atoms with Crippen LogP contribution in [0, 0.1) is 6.92 Å². The van der Waals surface area contributed by atoms with E-state index < -0.39 is 0 Å². The Kier molecular flexibility index (Phi) is 3.44. The average molecular weight is 168 g/mol. The number of aryl methyl sites for hydroxylation is 1. The molecule has 1 aromatic rings. The number of benzene rings is 1. The van der Waals surface area contributed by atoms with Crippen molar-refractivity contribution in [2.24, 2.45) is 0 Å². The zero-order chi connectivity index (χ0) is 8.10. The van der Waals surface area contributed by atoms with E-state index in [4.69, 9.17) is 11.6 Å². The standard InChI is InChI=1S/C10H12Cl/c1-9-5-2-3-6-10(9)7-4-8-11/h2-3,5-6H,1,4,7-8H2. The van der Waals surface area contributed by atoms with Gasteiger partial charge in [0, 0.05) is 5.88 Å². The number of hydrogen-bond donors (Lipinski definition) is 0. The Morgan fingerprint density at radius 2 is 2.00 bits per heavy atom. The van der Waals surface area contributed by atoms with E-state index in [0.717, 1.165) is 24.3 Å². The van der Waals surface area contributed by atoms with Gasteiger partial charge in [0.05, 0.1) is 0 Å². The lowest BCUT2D eigenvalue weighted by atomic mass is 10.1. The smallest absolute Gasteiger partial charge is 0.0226 e. The molecule has 0 nitrogen and oxygen atoms in total. The molecular weight excluding hydrogens is 156 g/mol. The number of rotatable bonds is 3. The summed E-state index contributed by atoms with van der Waals surface area (Å²) in [5.41, 5.74) is 2.44. The van der Waals surface area contributed by atoms with Crippen LogP contribution < -0.4 is 0 Å². The SMILES string of the molecule is [CH2]c1ccccc1CCCCl. The molecule has 0 amide bonds. The molecule has 0 aliphatic rings. The maximum absolute atomic E-state index is 5.58. The van der Waals surface area contributed by atoms with E-state index in [1.54, 1.807) is 0 Å². The molecule has 0 spiro atoms. The van der Waals surface area contributed by atoms with Crippen molar-refractivity contribution in [3.8, 4) is 0 Å². The summed E-state index contributed by atoms with van der Waals surface area (Å²) in [5.74, 6) is 0.730. The molecule has 1 radical (unpaired) electrons. The van der Waals surface area contributed by atoms with Gasteiger partial charge in [-0.1, -0.05) is 24.3 Å². The first-order valence-electron chi connectivity index (χ1n) is 3.80. The number of halogens is 1. The fraction of sp³-hybridized carbons (Fsp3) is 0.300. The molecule has 0 saturated carbocycles. The summed E-state index contributed by atoms with van der Waals surface area (Å²) < 4.78 is 0. The Morgan fingerprint density at radius 3 is 2.64 bits per heavy atom. The third kappa shape index (κ3) is 2.55. The number of hydrogen-bond acceptors (Lipinski definition) is 0. The topological polar surface area (TPSA) is 0 Å². The summed E-state index contributed by atoms with van der Waals surface area (Å²) in [7, 11) is 0. The summed E-state index contributed by atoms with van der Waals surface area (Å²) in [4.78, 5) is 0. The lowest BCUT2D eigenvalue weighted by Crippen LogP contribution is -1.89. The maximum Gasteiger partial charge on any atom is 0.0226 e. The minimum absolute atomic E-state index is 0.730. The quantitative estimate of drug-likeness (QED) is 0.608. The third-order valence-electron chi connectivity index (χ3n) is 1.70. The molecule has 59 valence electrons. The Balaban J connectivity index is 2.62. The van der Waals surface area contributed by atoms with Crippen molar-refractivity contribution < 1.29 is 0 Å². The van der Waals surface area contributed by atoms with Crippen LogP contribution in [-0.2, 0) is 6.42 Å². The predicted octanol–water partition coefficient (Wildman–Crippen LogP) is 3.04. The molecule has 0 saturated heterocycles. The summed E-state index contributed by atoms with van der Waals surface area (Å²) in [5, 5.41) is 0. The molecule has 0 aromatic heterocycles. The van der Waals surface area contributed by atoms with Crippen LogP contribution in [0.3, 0.4) is 0 Å². The van der Waals surface area contributed by atoms with Gasteiger partial charge in [0.2, 0.25) is 0 Å². The van der Waals surface area contributed by atoms with Gasteiger partial charge >= 0.3 is 0 Å². The molecule has 11 heavy (non-hydrogen) atoms. The Morgan fingerprint density at radius 1 is 1.27 bits per heavy atom. The highest BCUT2D eigenvalue weighted by Gasteiger charge is 1.94. The van der Waals surface area contributed by atoms with Gasteiger partial charge in [-0.2, -0.15) is 0 Å². The highest BCUT2D eigenvalue weighted by atomic mass is 35.5. The minimum Gasteiger partial charge on any atom is -0.127 e. The molecule has 0 aliphatic heterocycles. The second-order valence-electron chi connectivity index (χ2n) is 2.56. The van der Waals surface area contributed by atoms with Crippen LogP contribution in [-0.4, -0.2) is 5.88 Å². The van der Waals surface area contributed by atoms with Crippen molar-refractivity contribution in [1.82, 2.24) is 0 Å². The average Bonchev–Trinajstić information content (AvgIpc) is 2.03. The fourth-order valence-corrected chi connectivity index (χ4v) is 1.19. The summed E-state index contributed by atoms with van der Waals surface area (Å²) in [6.07, 6.45) is 2.08. The van der Waals surface area contributed by atoms with Gasteiger partial charge in [-0.3, -0.25) is 0 Å². The molecule has 1 aromatic carbocycles. The molecule has 0 bridgehead atoms. The second kappa shape index (κ2) is 4.40. The van der Waals surface area contributed by atoms with Gasteiger partial charge in [0.25, 0.3) is 0 Å².